The van der Waals surface area contributed by atoms with Crippen LogP contribution in [0.3, 0.4) is 0 Å². The monoisotopic (exact) mass is 443 g/mol. The molecule has 5 nitrogen and oxygen atoms in total. The summed E-state index contributed by atoms with van der Waals surface area (Å²) in [5, 5.41) is 0. The Labute approximate surface area is 178 Å². The summed E-state index contributed by atoms with van der Waals surface area (Å²) in [6.07, 6.45) is 2.43. The number of hydrogen-bond donors (Lipinski definition) is 0. The predicted octanol–water partition coefficient (Wildman–Crippen LogP) is 4.23. The molecule has 7 heteroatoms. The van der Waals surface area contributed by atoms with Gasteiger partial charge in [0.15, 0.2) is 0 Å². The molecule has 30 heavy (non-hydrogen) atoms. The van der Waals surface area contributed by atoms with Gasteiger partial charge in [-0.1, -0.05) is 54.8 Å². The number of aryl methyl sites for hydroxylation is 1. The van der Waals surface area contributed by atoms with Crippen LogP contribution in [0.25, 0.3) is 0 Å². The SMILES string of the molecule is CCCC1=C2CN(S(=O)(=O)c3ccc(C)cc3)CC(S(=O)(=O)c3ccccc3)=C2C1. The first kappa shape index (κ1) is 21.0. The molecule has 1 aliphatic carbocycles. The zero-order valence-electron chi connectivity index (χ0n) is 17.1. The van der Waals surface area contributed by atoms with E-state index in [-0.39, 0.29) is 27.8 Å². The van der Waals surface area contributed by atoms with E-state index in [2.05, 4.69) is 6.92 Å². The maximum atomic E-state index is 13.4. The van der Waals surface area contributed by atoms with E-state index in [1.165, 1.54) is 4.31 Å². The second-order valence-corrected chi connectivity index (χ2v) is 11.7. The fourth-order valence-corrected chi connectivity index (χ4v) is 7.16. The first-order chi connectivity index (χ1) is 14.2. The molecular weight excluding hydrogens is 418 g/mol. The molecule has 0 saturated carbocycles. The maximum Gasteiger partial charge on any atom is 0.243 e. The van der Waals surface area contributed by atoms with Crippen molar-refractivity contribution in [2.45, 2.75) is 42.9 Å². The van der Waals surface area contributed by atoms with E-state index in [4.69, 9.17) is 0 Å². The van der Waals surface area contributed by atoms with Crippen molar-refractivity contribution >= 4 is 19.9 Å². The summed E-state index contributed by atoms with van der Waals surface area (Å²) in [7, 11) is -7.59. The Bertz CT molecular complexity index is 1240. The van der Waals surface area contributed by atoms with Crippen LogP contribution < -0.4 is 0 Å². The van der Waals surface area contributed by atoms with Crippen LogP contribution in [0.15, 0.2) is 86.0 Å². The van der Waals surface area contributed by atoms with E-state index < -0.39 is 19.9 Å². The highest BCUT2D eigenvalue weighted by Gasteiger charge is 2.41. The molecule has 1 aliphatic heterocycles. The smallest absolute Gasteiger partial charge is 0.219 e. The molecule has 158 valence electrons. The summed E-state index contributed by atoms with van der Waals surface area (Å²) < 4.78 is 54.8. The molecule has 2 aliphatic rings. The zero-order chi connectivity index (χ0) is 21.5. The summed E-state index contributed by atoms with van der Waals surface area (Å²) in [6.45, 7) is 4.06. The molecule has 0 bridgehead atoms. The predicted molar refractivity (Wildman–Crippen MR) is 117 cm³/mol. The van der Waals surface area contributed by atoms with Crippen molar-refractivity contribution in [3.63, 3.8) is 0 Å². The van der Waals surface area contributed by atoms with Crippen molar-refractivity contribution in [1.82, 2.24) is 4.31 Å². The van der Waals surface area contributed by atoms with Crippen molar-refractivity contribution in [1.29, 1.82) is 0 Å². The molecule has 0 unspecified atom stereocenters. The zero-order valence-corrected chi connectivity index (χ0v) is 18.8. The summed E-state index contributed by atoms with van der Waals surface area (Å²) >= 11 is 0. The quantitative estimate of drug-likeness (QED) is 0.670. The molecule has 0 amide bonds. The van der Waals surface area contributed by atoms with Gasteiger partial charge in [-0.2, -0.15) is 4.31 Å². The molecule has 2 aromatic carbocycles. The van der Waals surface area contributed by atoms with E-state index in [0.717, 1.165) is 35.1 Å². The molecule has 0 aromatic heterocycles. The van der Waals surface area contributed by atoms with Gasteiger partial charge in [0, 0.05) is 6.54 Å². The van der Waals surface area contributed by atoms with E-state index in [9.17, 15) is 16.8 Å². The fraction of sp³-hybridized carbons (Fsp3) is 0.304. The van der Waals surface area contributed by atoms with Gasteiger partial charge in [-0.15, -0.1) is 0 Å². The Hall–Kier alpha value is -2.22. The van der Waals surface area contributed by atoms with Crippen molar-refractivity contribution in [2.75, 3.05) is 13.1 Å². The van der Waals surface area contributed by atoms with Gasteiger partial charge in [-0.3, -0.25) is 0 Å². The van der Waals surface area contributed by atoms with Gasteiger partial charge < -0.3 is 0 Å². The van der Waals surface area contributed by atoms with Crippen LogP contribution in [0.2, 0.25) is 0 Å². The molecule has 0 radical (unpaired) electrons. The van der Waals surface area contributed by atoms with Crippen molar-refractivity contribution < 1.29 is 16.8 Å². The maximum absolute atomic E-state index is 13.4. The third kappa shape index (κ3) is 3.55. The van der Waals surface area contributed by atoms with Gasteiger partial charge in [0.25, 0.3) is 0 Å². The first-order valence-corrected chi connectivity index (χ1v) is 13.0. The van der Waals surface area contributed by atoms with Crippen LogP contribution in [0.1, 0.15) is 31.7 Å². The van der Waals surface area contributed by atoms with Crippen LogP contribution in [-0.4, -0.2) is 34.2 Å². The summed E-state index contributed by atoms with van der Waals surface area (Å²) in [5.74, 6) is 0. The lowest BCUT2D eigenvalue weighted by atomic mass is 9.79. The normalized spacial score (nSPS) is 17.7. The van der Waals surface area contributed by atoms with Crippen molar-refractivity contribution in [3.8, 4) is 0 Å². The number of benzene rings is 2. The Morgan fingerprint density at radius 3 is 2.13 bits per heavy atom. The topological polar surface area (TPSA) is 71.5 Å². The number of allylic oxidation sites excluding steroid dienone is 1. The Morgan fingerprint density at radius 2 is 1.50 bits per heavy atom. The van der Waals surface area contributed by atoms with E-state index in [0.29, 0.717) is 6.42 Å². The standard InChI is InChI=1S/C23H25NO4S2/c1-3-7-18-14-21-22(18)15-24(30(27,28)20-12-10-17(2)11-13-20)16-23(21)29(25,26)19-8-5-4-6-9-19/h4-6,8-13H,3,7,14-16H2,1-2H3. The van der Waals surface area contributed by atoms with Gasteiger partial charge in [0.1, 0.15) is 0 Å². The number of hydrogen-bond acceptors (Lipinski definition) is 4. The van der Waals surface area contributed by atoms with Crippen LogP contribution in [0, 0.1) is 6.92 Å². The van der Waals surface area contributed by atoms with Gasteiger partial charge in [0.2, 0.25) is 19.9 Å². The molecular formula is C23H25NO4S2. The number of rotatable bonds is 6. The lowest BCUT2D eigenvalue weighted by Crippen LogP contribution is -2.42. The minimum atomic E-state index is -3.81. The minimum Gasteiger partial charge on any atom is -0.219 e. The largest absolute Gasteiger partial charge is 0.243 e. The van der Waals surface area contributed by atoms with Crippen molar-refractivity contribution in [3.05, 3.63) is 81.8 Å². The third-order valence-corrected chi connectivity index (χ3v) is 9.48. The summed E-state index contributed by atoms with van der Waals surface area (Å²) in [4.78, 5) is 0.598. The number of nitrogens with zero attached hydrogens (tertiary/aromatic N) is 1. The van der Waals surface area contributed by atoms with Crippen LogP contribution in [-0.2, 0) is 19.9 Å². The molecule has 0 saturated heterocycles. The van der Waals surface area contributed by atoms with E-state index >= 15 is 0 Å². The average molecular weight is 444 g/mol. The highest BCUT2D eigenvalue weighted by atomic mass is 32.2. The summed E-state index contributed by atoms with van der Waals surface area (Å²) in [5.41, 5.74) is 3.82. The Kier molecular flexibility index (Phi) is 5.46. The first-order valence-electron chi connectivity index (χ1n) is 10.1. The molecule has 0 atom stereocenters. The Morgan fingerprint density at radius 1 is 0.833 bits per heavy atom. The minimum absolute atomic E-state index is 0.133. The second kappa shape index (κ2) is 7.80. The number of sulfonamides is 1. The second-order valence-electron chi connectivity index (χ2n) is 7.81. The van der Waals surface area contributed by atoms with Gasteiger partial charge in [-0.25, -0.2) is 16.8 Å². The third-order valence-electron chi connectivity index (χ3n) is 5.76. The molecule has 0 N–H and O–H groups in total. The van der Waals surface area contributed by atoms with Crippen molar-refractivity contribution in [2.24, 2.45) is 0 Å². The molecule has 4 rings (SSSR count). The molecule has 0 fully saturated rings. The highest BCUT2D eigenvalue weighted by Crippen LogP contribution is 2.45. The Balaban J connectivity index is 1.80. The molecule has 2 aromatic rings. The molecule has 0 spiro atoms. The molecule has 1 heterocycles. The fourth-order valence-electron chi connectivity index (χ4n) is 4.05. The van der Waals surface area contributed by atoms with E-state index in [1.54, 1.807) is 54.6 Å². The van der Waals surface area contributed by atoms with Gasteiger partial charge >= 0.3 is 0 Å². The number of fused-ring (bicyclic) bond motifs is 1. The lowest BCUT2D eigenvalue weighted by molar-refractivity contribution is 0.445. The van der Waals surface area contributed by atoms with E-state index in [1.807, 2.05) is 6.92 Å². The highest BCUT2D eigenvalue weighted by molar-refractivity contribution is 7.95. The van der Waals surface area contributed by atoms with Gasteiger partial charge in [0.05, 0.1) is 21.2 Å². The average Bonchev–Trinajstić information content (AvgIpc) is 2.72. The lowest BCUT2D eigenvalue weighted by Gasteiger charge is -2.39. The summed E-state index contributed by atoms with van der Waals surface area (Å²) in [6, 6.07) is 14.9. The van der Waals surface area contributed by atoms with Crippen LogP contribution >= 0.6 is 0 Å². The van der Waals surface area contributed by atoms with Crippen LogP contribution in [0.5, 0.6) is 0 Å². The van der Waals surface area contributed by atoms with Crippen LogP contribution in [0.4, 0.5) is 0 Å². The number of sulfone groups is 1. The van der Waals surface area contributed by atoms with Gasteiger partial charge in [-0.05, 0) is 55.2 Å².